The van der Waals surface area contributed by atoms with Gasteiger partial charge in [-0.15, -0.1) is 11.3 Å². The molecular formula is C23H22N4O4S2. The number of nitrogens with zero attached hydrogens (tertiary/aromatic N) is 2. The number of carbonyl (C=O) groups is 1. The highest BCUT2D eigenvalue weighted by molar-refractivity contribution is 7.94. The van der Waals surface area contributed by atoms with Crippen molar-refractivity contribution in [1.29, 1.82) is 0 Å². The van der Waals surface area contributed by atoms with E-state index in [4.69, 9.17) is 0 Å². The van der Waals surface area contributed by atoms with Gasteiger partial charge in [-0.05, 0) is 60.7 Å². The Hall–Kier alpha value is -3.37. The summed E-state index contributed by atoms with van der Waals surface area (Å²) in [6, 6.07) is 17.3. The van der Waals surface area contributed by atoms with Crippen LogP contribution in [-0.2, 0) is 10.0 Å². The lowest BCUT2D eigenvalue weighted by molar-refractivity contribution is 0.0695. The lowest BCUT2D eigenvalue weighted by atomic mass is 10.0. The van der Waals surface area contributed by atoms with Gasteiger partial charge < -0.3 is 9.88 Å². The maximum Gasteiger partial charge on any atom is 0.326 e. The Labute approximate surface area is 194 Å². The summed E-state index contributed by atoms with van der Waals surface area (Å²) in [7, 11) is -3.63. The standard InChI is InChI=1S/C23H22N4O4S2/c28-22(16-7-9-17(10-8-16)25-33(30,31)21-6-3-15-32-21)26-13-11-18(12-14-26)27-20-5-2-1-4-19(20)24-23(27)29/h1-10,15,18,25H,11-14H2,(H,24,29). The summed E-state index contributed by atoms with van der Waals surface area (Å²) in [5.41, 5.74) is 2.47. The Balaban J connectivity index is 1.25. The first-order valence-electron chi connectivity index (χ1n) is 10.6. The molecule has 1 amide bonds. The molecule has 2 aromatic heterocycles. The second kappa shape index (κ2) is 8.53. The van der Waals surface area contributed by atoms with Crippen LogP contribution in [-0.4, -0.2) is 41.9 Å². The molecule has 0 saturated carbocycles. The molecule has 33 heavy (non-hydrogen) atoms. The van der Waals surface area contributed by atoms with Gasteiger partial charge in [0.05, 0.1) is 11.0 Å². The number of likely N-dealkylation sites (tertiary alicyclic amines) is 1. The molecule has 1 aliphatic heterocycles. The molecule has 1 fully saturated rings. The number of nitrogens with one attached hydrogen (secondary N) is 2. The highest BCUT2D eigenvalue weighted by atomic mass is 32.2. The number of aromatic nitrogens is 2. The Morgan fingerprint density at radius 3 is 2.42 bits per heavy atom. The van der Waals surface area contributed by atoms with Gasteiger partial charge in [-0.1, -0.05) is 18.2 Å². The molecule has 1 aliphatic rings. The van der Waals surface area contributed by atoms with Crippen LogP contribution in [0, 0.1) is 0 Å². The molecule has 0 aliphatic carbocycles. The zero-order valence-electron chi connectivity index (χ0n) is 17.6. The number of H-pyrrole nitrogens is 1. The van der Waals surface area contributed by atoms with Crippen LogP contribution >= 0.6 is 11.3 Å². The van der Waals surface area contributed by atoms with Crippen molar-refractivity contribution in [1.82, 2.24) is 14.5 Å². The first-order valence-corrected chi connectivity index (χ1v) is 12.9. The summed E-state index contributed by atoms with van der Waals surface area (Å²) < 4.78 is 29.3. The fourth-order valence-corrected chi connectivity index (χ4v) is 6.30. The van der Waals surface area contributed by atoms with E-state index in [2.05, 4.69) is 9.71 Å². The van der Waals surface area contributed by atoms with E-state index in [1.165, 1.54) is 0 Å². The summed E-state index contributed by atoms with van der Waals surface area (Å²) >= 11 is 1.14. The van der Waals surface area contributed by atoms with Crippen molar-refractivity contribution >= 4 is 44.0 Å². The van der Waals surface area contributed by atoms with E-state index >= 15 is 0 Å². The number of thiophene rings is 1. The fraction of sp³-hybridized carbons (Fsp3) is 0.217. The molecule has 2 N–H and O–H groups in total. The number of imidazole rings is 1. The van der Waals surface area contributed by atoms with Gasteiger partial charge >= 0.3 is 5.69 Å². The number of amides is 1. The largest absolute Gasteiger partial charge is 0.338 e. The Morgan fingerprint density at radius 1 is 1.00 bits per heavy atom. The third kappa shape index (κ3) is 4.19. The molecule has 1 saturated heterocycles. The average Bonchev–Trinajstić information content (AvgIpc) is 3.47. The highest BCUT2D eigenvalue weighted by Crippen LogP contribution is 2.26. The van der Waals surface area contributed by atoms with Crippen molar-refractivity contribution < 1.29 is 13.2 Å². The van der Waals surface area contributed by atoms with Crippen molar-refractivity contribution in [3.63, 3.8) is 0 Å². The van der Waals surface area contributed by atoms with Crippen LogP contribution in [0.5, 0.6) is 0 Å². The first kappa shape index (κ1) is 21.5. The number of fused-ring (bicyclic) bond motifs is 1. The number of para-hydroxylation sites is 2. The molecule has 0 spiro atoms. The van der Waals surface area contributed by atoms with Gasteiger partial charge in [0.15, 0.2) is 0 Å². The van der Waals surface area contributed by atoms with Gasteiger partial charge in [0.25, 0.3) is 15.9 Å². The second-order valence-electron chi connectivity index (χ2n) is 7.96. The molecule has 0 bridgehead atoms. The average molecular weight is 483 g/mol. The van der Waals surface area contributed by atoms with Crippen LogP contribution in [0.2, 0.25) is 0 Å². The lowest BCUT2D eigenvalue weighted by Crippen LogP contribution is -2.40. The minimum absolute atomic E-state index is 0.0340. The van der Waals surface area contributed by atoms with Crippen LogP contribution in [0.25, 0.3) is 11.0 Å². The van der Waals surface area contributed by atoms with E-state index in [0.717, 1.165) is 22.4 Å². The van der Waals surface area contributed by atoms with Crippen molar-refractivity contribution in [3.8, 4) is 0 Å². The number of hydrogen-bond donors (Lipinski definition) is 2. The molecule has 8 nitrogen and oxygen atoms in total. The maximum absolute atomic E-state index is 13.0. The molecule has 10 heteroatoms. The van der Waals surface area contributed by atoms with Crippen LogP contribution < -0.4 is 10.4 Å². The number of anilines is 1. The summed E-state index contributed by atoms with van der Waals surface area (Å²) in [4.78, 5) is 30.1. The number of hydrogen-bond acceptors (Lipinski definition) is 5. The zero-order chi connectivity index (χ0) is 23.0. The maximum atomic E-state index is 13.0. The molecule has 170 valence electrons. The van der Waals surface area contributed by atoms with E-state index in [1.54, 1.807) is 51.2 Å². The Morgan fingerprint density at radius 2 is 1.73 bits per heavy atom. The van der Waals surface area contributed by atoms with Crippen LogP contribution in [0.1, 0.15) is 29.2 Å². The quantitative estimate of drug-likeness (QED) is 0.453. The van der Waals surface area contributed by atoms with Crippen LogP contribution in [0.3, 0.4) is 0 Å². The molecule has 5 rings (SSSR count). The fourth-order valence-electron chi connectivity index (χ4n) is 4.25. The minimum Gasteiger partial charge on any atom is -0.338 e. The predicted molar refractivity (Wildman–Crippen MR) is 128 cm³/mol. The van der Waals surface area contributed by atoms with E-state index in [9.17, 15) is 18.0 Å². The second-order valence-corrected chi connectivity index (χ2v) is 10.8. The molecule has 2 aromatic carbocycles. The van der Waals surface area contributed by atoms with Crippen LogP contribution in [0.4, 0.5) is 5.69 Å². The zero-order valence-corrected chi connectivity index (χ0v) is 19.2. The van der Waals surface area contributed by atoms with Crippen molar-refractivity contribution in [2.45, 2.75) is 23.1 Å². The third-order valence-electron chi connectivity index (χ3n) is 5.88. The molecule has 0 unspecified atom stereocenters. The smallest absolute Gasteiger partial charge is 0.326 e. The molecular weight excluding hydrogens is 460 g/mol. The Bertz CT molecular complexity index is 1450. The summed E-state index contributed by atoms with van der Waals surface area (Å²) in [6.07, 6.45) is 1.37. The normalized spacial score (nSPS) is 15.1. The van der Waals surface area contributed by atoms with Gasteiger partial charge in [0.1, 0.15) is 4.21 Å². The number of aromatic amines is 1. The molecule has 4 aromatic rings. The van der Waals surface area contributed by atoms with E-state index in [1.807, 2.05) is 24.3 Å². The van der Waals surface area contributed by atoms with Gasteiger partial charge in [-0.2, -0.15) is 0 Å². The molecule has 0 atom stereocenters. The lowest BCUT2D eigenvalue weighted by Gasteiger charge is -2.32. The Kier molecular flexibility index (Phi) is 5.55. The summed E-state index contributed by atoms with van der Waals surface area (Å²) in [5, 5.41) is 1.70. The van der Waals surface area contributed by atoms with Gasteiger partial charge in [-0.3, -0.25) is 14.1 Å². The molecule has 0 radical (unpaired) electrons. The molecule has 3 heterocycles. The van der Waals surface area contributed by atoms with Crippen molar-refractivity contribution in [2.75, 3.05) is 17.8 Å². The highest BCUT2D eigenvalue weighted by Gasteiger charge is 2.26. The number of sulfonamides is 1. The third-order valence-corrected chi connectivity index (χ3v) is 8.66. The topological polar surface area (TPSA) is 104 Å². The number of carbonyl (C=O) groups excluding carboxylic acids is 1. The van der Waals surface area contributed by atoms with E-state index < -0.39 is 10.0 Å². The summed E-state index contributed by atoms with van der Waals surface area (Å²) in [5.74, 6) is -0.104. The summed E-state index contributed by atoms with van der Waals surface area (Å²) in [6.45, 7) is 1.09. The van der Waals surface area contributed by atoms with E-state index in [0.29, 0.717) is 37.2 Å². The van der Waals surface area contributed by atoms with E-state index in [-0.39, 0.29) is 21.8 Å². The van der Waals surface area contributed by atoms with Crippen molar-refractivity contribution in [2.24, 2.45) is 0 Å². The van der Waals surface area contributed by atoms with Gasteiger partial charge in [0, 0.05) is 30.4 Å². The minimum atomic E-state index is -3.63. The predicted octanol–water partition coefficient (Wildman–Crippen LogP) is 3.67. The van der Waals surface area contributed by atoms with Crippen molar-refractivity contribution in [3.05, 3.63) is 82.1 Å². The van der Waals surface area contributed by atoms with Gasteiger partial charge in [0.2, 0.25) is 0 Å². The monoisotopic (exact) mass is 482 g/mol. The van der Waals surface area contributed by atoms with Gasteiger partial charge in [-0.25, -0.2) is 13.2 Å². The number of rotatable bonds is 5. The first-order chi connectivity index (χ1) is 15.9. The van der Waals surface area contributed by atoms with Crippen LogP contribution in [0.15, 0.2) is 75.0 Å². The SMILES string of the molecule is O=C(c1ccc(NS(=O)(=O)c2cccs2)cc1)N1CCC(n2c(=O)[nH]c3ccccc32)CC1. The number of piperidine rings is 1. The number of benzene rings is 2.